The predicted octanol–water partition coefficient (Wildman–Crippen LogP) is 2.68. The number of rotatable bonds is 6. The highest BCUT2D eigenvalue weighted by Gasteiger charge is 2.12. The third-order valence-electron chi connectivity index (χ3n) is 3.50. The highest BCUT2D eigenvalue weighted by atomic mass is 16.5. The molecule has 0 aliphatic heterocycles. The first kappa shape index (κ1) is 16.5. The van der Waals surface area contributed by atoms with Gasteiger partial charge in [0, 0.05) is 17.2 Å². The van der Waals surface area contributed by atoms with Crippen LogP contribution >= 0.6 is 0 Å². The molecule has 3 aromatic rings. The van der Waals surface area contributed by atoms with E-state index >= 15 is 0 Å². The fourth-order valence-electron chi connectivity index (χ4n) is 2.22. The molecule has 0 radical (unpaired) electrons. The van der Waals surface area contributed by atoms with Crippen LogP contribution in [0.15, 0.2) is 52.9 Å². The Morgan fingerprint density at radius 3 is 2.36 bits per heavy atom. The first-order valence-electron chi connectivity index (χ1n) is 7.58. The molecule has 0 fully saturated rings. The number of nitrogens with zero attached hydrogens (tertiary/aromatic N) is 2. The molecule has 7 heteroatoms. The second-order valence-electron chi connectivity index (χ2n) is 5.15. The van der Waals surface area contributed by atoms with Gasteiger partial charge in [-0.05, 0) is 24.3 Å². The van der Waals surface area contributed by atoms with Crippen LogP contribution in [0.3, 0.4) is 0 Å². The third-order valence-corrected chi connectivity index (χ3v) is 3.50. The van der Waals surface area contributed by atoms with Gasteiger partial charge in [-0.3, -0.25) is 4.79 Å². The molecular weight excluding hydrogens is 322 g/mol. The molecule has 0 bridgehead atoms. The van der Waals surface area contributed by atoms with Gasteiger partial charge in [0.1, 0.15) is 11.5 Å². The van der Waals surface area contributed by atoms with Crippen LogP contribution < -0.4 is 14.8 Å². The summed E-state index contributed by atoms with van der Waals surface area (Å²) < 4.78 is 15.9. The van der Waals surface area contributed by atoms with Crippen LogP contribution in [0.5, 0.6) is 11.5 Å². The van der Waals surface area contributed by atoms with Crippen molar-refractivity contribution in [2.75, 3.05) is 14.2 Å². The van der Waals surface area contributed by atoms with E-state index in [1.807, 2.05) is 30.3 Å². The summed E-state index contributed by atoms with van der Waals surface area (Å²) in [7, 11) is 3.06. The highest BCUT2D eigenvalue weighted by Crippen LogP contribution is 2.22. The molecule has 25 heavy (non-hydrogen) atoms. The lowest BCUT2D eigenvalue weighted by Crippen LogP contribution is -2.23. The maximum absolute atomic E-state index is 12.3. The molecule has 0 saturated heterocycles. The summed E-state index contributed by atoms with van der Waals surface area (Å²) in [6.07, 6.45) is 0. The third kappa shape index (κ3) is 3.95. The molecule has 1 aromatic heterocycles. The Morgan fingerprint density at radius 2 is 1.72 bits per heavy atom. The summed E-state index contributed by atoms with van der Waals surface area (Å²) in [5.41, 5.74) is 1.24. The largest absolute Gasteiger partial charge is 0.497 e. The van der Waals surface area contributed by atoms with Crippen molar-refractivity contribution in [1.29, 1.82) is 0 Å². The Bertz CT molecular complexity index is 840. The number of methoxy groups -OCH3 is 2. The number of nitrogens with one attached hydrogen (secondary N) is 1. The van der Waals surface area contributed by atoms with E-state index in [-0.39, 0.29) is 12.5 Å². The number of carbonyl (C=O) groups is 1. The number of amides is 1. The Kier molecular flexibility index (Phi) is 4.94. The van der Waals surface area contributed by atoms with Crippen LogP contribution in [0.1, 0.15) is 16.2 Å². The fourth-order valence-corrected chi connectivity index (χ4v) is 2.22. The molecule has 1 N–H and O–H groups in total. The first-order chi connectivity index (χ1) is 12.2. The minimum Gasteiger partial charge on any atom is -0.497 e. The number of ether oxygens (including phenoxy) is 2. The molecular formula is C18H17N3O4. The van der Waals surface area contributed by atoms with Gasteiger partial charge in [0.05, 0.1) is 20.8 Å². The second kappa shape index (κ2) is 7.48. The number of hydrogen-bond acceptors (Lipinski definition) is 6. The smallest absolute Gasteiger partial charge is 0.251 e. The minimum atomic E-state index is -0.295. The zero-order valence-corrected chi connectivity index (χ0v) is 13.9. The van der Waals surface area contributed by atoms with Crippen LogP contribution in [0.25, 0.3) is 11.5 Å². The summed E-state index contributed by atoms with van der Waals surface area (Å²) in [6.45, 7) is 0.123. The molecule has 0 unspecified atom stereocenters. The van der Waals surface area contributed by atoms with Crippen molar-refractivity contribution in [3.8, 4) is 23.0 Å². The molecule has 7 nitrogen and oxygen atoms in total. The zero-order valence-electron chi connectivity index (χ0n) is 13.9. The summed E-state index contributed by atoms with van der Waals surface area (Å²) in [5, 5.41) is 10.7. The van der Waals surface area contributed by atoms with Crippen LogP contribution in [0.2, 0.25) is 0 Å². The molecule has 0 aliphatic carbocycles. The quantitative estimate of drug-likeness (QED) is 0.743. The van der Waals surface area contributed by atoms with Crippen LogP contribution in [0, 0.1) is 0 Å². The number of benzene rings is 2. The maximum Gasteiger partial charge on any atom is 0.251 e. The molecule has 3 rings (SSSR count). The van der Waals surface area contributed by atoms with Gasteiger partial charge in [0.15, 0.2) is 0 Å². The minimum absolute atomic E-state index is 0.123. The van der Waals surface area contributed by atoms with E-state index in [2.05, 4.69) is 15.5 Å². The van der Waals surface area contributed by atoms with Gasteiger partial charge >= 0.3 is 0 Å². The fraction of sp³-hybridized carbons (Fsp3) is 0.167. The highest BCUT2D eigenvalue weighted by molar-refractivity contribution is 5.95. The summed E-state index contributed by atoms with van der Waals surface area (Å²) >= 11 is 0. The maximum atomic E-state index is 12.3. The average Bonchev–Trinajstić information content (AvgIpc) is 3.15. The van der Waals surface area contributed by atoms with Crippen molar-refractivity contribution in [3.63, 3.8) is 0 Å². The van der Waals surface area contributed by atoms with E-state index in [9.17, 15) is 4.79 Å². The summed E-state index contributed by atoms with van der Waals surface area (Å²) in [5.74, 6) is 1.51. The van der Waals surface area contributed by atoms with Gasteiger partial charge in [-0.1, -0.05) is 18.2 Å². The first-order valence-corrected chi connectivity index (χ1v) is 7.58. The molecule has 1 heterocycles. The lowest BCUT2D eigenvalue weighted by atomic mass is 10.2. The number of hydrogen-bond donors (Lipinski definition) is 1. The van der Waals surface area contributed by atoms with Crippen molar-refractivity contribution in [2.24, 2.45) is 0 Å². The second-order valence-corrected chi connectivity index (χ2v) is 5.15. The Balaban J connectivity index is 1.68. The number of aromatic nitrogens is 2. The van der Waals surface area contributed by atoms with Crippen LogP contribution in [-0.4, -0.2) is 30.3 Å². The number of carbonyl (C=O) groups excluding carboxylic acids is 1. The molecule has 2 aromatic carbocycles. The van der Waals surface area contributed by atoms with Crippen molar-refractivity contribution < 1.29 is 18.7 Å². The molecule has 128 valence electrons. The van der Waals surface area contributed by atoms with Gasteiger partial charge in [-0.2, -0.15) is 0 Å². The van der Waals surface area contributed by atoms with Crippen LogP contribution in [-0.2, 0) is 6.54 Å². The molecule has 0 saturated carbocycles. The lowest BCUT2D eigenvalue weighted by Gasteiger charge is -2.08. The van der Waals surface area contributed by atoms with E-state index in [1.54, 1.807) is 18.2 Å². The van der Waals surface area contributed by atoms with Gasteiger partial charge in [0.2, 0.25) is 11.8 Å². The van der Waals surface area contributed by atoms with Crippen molar-refractivity contribution in [1.82, 2.24) is 15.5 Å². The Morgan fingerprint density at radius 1 is 1.04 bits per heavy atom. The van der Waals surface area contributed by atoms with Gasteiger partial charge in [0.25, 0.3) is 5.91 Å². The van der Waals surface area contributed by atoms with Gasteiger partial charge in [-0.15, -0.1) is 10.2 Å². The van der Waals surface area contributed by atoms with Crippen molar-refractivity contribution in [3.05, 3.63) is 60.0 Å². The normalized spacial score (nSPS) is 10.3. The van der Waals surface area contributed by atoms with Crippen molar-refractivity contribution in [2.45, 2.75) is 6.54 Å². The Hall–Kier alpha value is -3.35. The van der Waals surface area contributed by atoms with Crippen molar-refractivity contribution >= 4 is 5.91 Å². The summed E-state index contributed by atoms with van der Waals surface area (Å²) in [4.78, 5) is 12.3. The molecule has 1 amide bonds. The van der Waals surface area contributed by atoms with E-state index in [0.29, 0.717) is 28.8 Å². The van der Waals surface area contributed by atoms with E-state index in [1.165, 1.54) is 14.2 Å². The lowest BCUT2D eigenvalue weighted by molar-refractivity contribution is 0.0946. The summed E-state index contributed by atoms with van der Waals surface area (Å²) in [6, 6.07) is 14.4. The van der Waals surface area contributed by atoms with Crippen LogP contribution in [0.4, 0.5) is 0 Å². The van der Waals surface area contributed by atoms with Gasteiger partial charge < -0.3 is 19.2 Å². The molecule has 0 atom stereocenters. The average molecular weight is 339 g/mol. The predicted molar refractivity (Wildman–Crippen MR) is 90.5 cm³/mol. The van der Waals surface area contributed by atoms with E-state index < -0.39 is 0 Å². The van der Waals surface area contributed by atoms with E-state index in [4.69, 9.17) is 13.9 Å². The standard InChI is InChI=1S/C18H17N3O4/c1-23-14-8-13(9-15(10-14)24-2)17(22)19-11-16-20-21-18(25-16)12-6-4-3-5-7-12/h3-10H,11H2,1-2H3,(H,19,22). The van der Waals surface area contributed by atoms with Gasteiger partial charge in [-0.25, -0.2) is 0 Å². The Labute approximate surface area is 144 Å². The molecule has 0 aliphatic rings. The molecule has 0 spiro atoms. The van der Waals surface area contributed by atoms with E-state index in [0.717, 1.165) is 5.56 Å². The zero-order chi connectivity index (χ0) is 17.6. The SMILES string of the molecule is COc1cc(OC)cc(C(=O)NCc2nnc(-c3ccccc3)o2)c1. The topological polar surface area (TPSA) is 86.5 Å². The monoisotopic (exact) mass is 339 g/mol.